The van der Waals surface area contributed by atoms with E-state index in [1.165, 1.54) is 32.4 Å². The minimum atomic E-state index is -0.988. The molecule has 1 N–H and O–H groups in total. The Labute approximate surface area is 121 Å². The van der Waals surface area contributed by atoms with Crippen molar-refractivity contribution in [1.29, 1.82) is 0 Å². The van der Waals surface area contributed by atoms with Gasteiger partial charge in [-0.05, 0) is 30.7 Å². The topological polar surface area (TPSA) is 90.8 Å². The van der Waals surface area contributed by atoms with Gasteiger partial charge in [-0.2, -0.15) is 9.97 Å². The summed E-state index contributed by atoms with van der Waals surface area (Å²) in [7, 11) is 2.94. The van der Waals surface area contributed by atoms with Crippen molar-refractivity contribution in [3.8, 4) is 23.5 Å². The average molecular weight is 290 g/mol. The van der Waals surface area contributed by atoms with Crippen LogP contribution in [0.15, 0.2) is 24.3 Å². The SMILES string of the molecule is COc1cc(OC)nc(Oc2ccc(C(=O)O)c(C)c2)n1. The Balaban J connectivity index is 2.29. The molecule has 0 saturated heterocycles. The number of carboxylic acids is 1. The highest BCUT2D eigenvalue weighted by Crippen LogP contribution is 2.25. The van der Waals surface area contributed by atoms with Gasteiger partial charge in [-0.25, -0.2) is 4.79 Å². The van der Waals surface area contributed by atoms with Gasteiger partial charge in [0.1, 0.15) is 5.75 Å². The average Bonchev–Trinajstić information content (AvgIpc) is 2.46. The highest BCUT2D eigenvalue weighted by atomic mass is 16.5. The molecule has 2 aromatic rings. The van der Waals surface area contributed by atoms with Crippen LogP contribution in [0.3, 0.4) is 0 Å². The van der Waals surface area contributed by atoms with Crippen LogP contribution < -0.4 is 14.2 Å². The van der Waals surface area contributed by atoms with Crippen LogP contribution in [0.2, 0.25) is 0 Å². The van der Waals surface area contributed by atoms with E-state index in [-0.39, 0.29) is 11.6 Å². The van der Waals surface area contributed by atoms with Crippen LogP contribution >= 0.6 is 0 Å². The third-order valence-corrected chi connectivity index (χ3v) is 2.71. The van der Waals surface area contributed by atoms with Gasteiger partial charge in [-0.1, -0.05) is 0 Å². The Bertz CT molecular complexity index is 650. The summed E-state index contributed by atoms with van der Waals surface area (Å²) in [6.07, 6.45) is 0. The van der Waals surface area contributed by atoms with Crippen LogP contribution in [0, 0.1) is 6.92 Å². The number of aromatic nitrogens is 2. The highest BCUT2D eigenvalue weighted by Gasteiger charge is 2.11. The molecule has 0 spiro atoms. The lowest BCUT2D eigenvalue weighted by Crippen LogP contribution is -2.01. The molecule has 1 aromatic carbocycles. The molecule has 0 fully saturated rings. The summed E-state index contributed by atoms with van der Waals surface area (Å²) >= 11 is 0. The minimum absolute atomic E-state index is 0.0497. The minimum Gasteiger partial charge on any atom is -0.481 e. The van der Waals surface area contributed by atoms with E-state index in [9.17, 15) is 4.79 Å². The van der Waals surface area contributed by atoms with Crippen molar-refractivity contribution < 1.29 is 24.1 Å². The molecular formula is C14H14N2O5. The summed E-state index contributed by atoms with van der Waals surface area (Å²) in [4.78, 5) is 19.0. The maximum atomic E-state index is 11.0. The predicted molar refractivity (Wildman–Crippen MR) is 73.3 cm³/mol. The number of methoxy groups -OCH3 is 2. The molecule has 0 radical (unpaired) electrons. The first-order valence-electron chi connectivity index (χ1n) is 6.02. The monoisotopic (exact) mass is 290 g/mol. The number of rotatable bonds is 5. The van der Waals surface area contributed by atoms with E-state index in [2.05, 4.69) is 9.97 Å². The Morgan fingerprint density at radius 3 is 2.19 bits per heavy atom. The number of aryl methyl sites for hydroxylation is 1. The Kier molecular flexibility index (Phi) is 4.22. The molecule has 21 heavy (non-hydrogen) atoms. The zero-order valence-electron chi connectivity index (χ0n) is 11.8. The second-order valence-electron chi connectivity index (χ2n) is 4.12. The number of carboxylic acid groups (broad SMARTS) is 1. The van der Waals surface area contributed by atoms with E-state index >= 15 is 0 Å². The summed E-state index contributed by atoms with van der Waals surface area (Å²) in [5.41, 5.74) is 0.793. The molecule has 0 amide bonds. The predicted octanol–water partition coefficient (Wildman–Crippen LogP) is 2.29. The van der Waals surface area contributed by atoms with Crippen LogP contribution in [0.4, 0.5) is 0 Å². The van der Waals surface area contributed by atoms with Crippen LogP contribution in [-0.2, 0) is 0 Å². The number of carbonyl (C=O) groups is 1. The van der Waals surface area contributed by atoms with E-state index < -0.39 is 5.97 Å². The maximum absolute atomic E-state index is 11.0. The lowest BCUT2D eigenvalue weighted by Gasteiger charge is -2.08. The lowest BCUT2D eigenvalue weighted by molar-refractivity contribution is 0.0696. The third kappa shape index (κ3) is 3.38. The smallest absolute Gasteiger partial charge is 0.335 e. The standard InChI is InChI=1S/C14H14N2O5/c1-8-6-9(4-5-10(8)13(17)18)21-14-15-11(19-2)7-12(16-14)20-3/h4-7H,1-3H3,(H,17,18). The summed E-state index contributed by atoms with van der Waals surface area (Å²) in [6.45, 7) is 1.68. The van der Waals surface area contributed by atoms with Crippen LogP contribution in [0.5, 0.6) is 23.5 Å². The van der Waals surface area contributed by atoms with Gasteiger partial charge in [0.15, 0.2) is 0 Å². The molecule has 0 saturated carbocycles. The number of benzene rings is 1. The fourth-order valence-electron chi connectivity index (χ4n) is 1.68. The van der Waals surface area contributed by atoms with Gasteiger partial charge in [0, 0.05) is 0 Å². The summed E-state index contributed by atoms with van der Waals surface area (Å²) < 4.78 is 15.5. The second-order valence-corrected chi connectivity index (χ2v) is 4.12. The van der Waals surface area contributed by atoms with Gasteiger partial charge in [0.25, 0.3) is 0 Å². The van der Waals surface area contributed by atoms with Crippen molar-refractivity contribution in [3.63, 3.8) is 0 Å². The first-order valence-corrected chi connectivity index (χ1v) is 6.02. The molecule has 0 aliphatic rings. The zero-order valence-corrected chi connectivity index (χ0v) is 11.8. The fourth-order valence-corrected chi connectivity index (χ4v) is 1.68. The van der Waals surface area contributed by atoms with Gasteiger partial charge < -0.3 is 19.3 Å². The van der Waals surface area contributed by atoms with Gasteiger partial charge in [-0.3, -0.25) is 0 Å². The summed E-state index contributed by atoms with van der Waals surface area (Å²) in [6, 6.07) is 6.16. The number of aromatic carboxylic acids is 1. The van der Waals surface area contributed by atoms with E-state index in [0.29, 0.717) is 23.1 Å². The molecule has 0 unspecified atom stereocenters. The van der Waals surface area contributed by atoms with Crippen LogP contribution in [0.1, 0.15) is 15.9 Å². The largest absolute Gasteiger partial charge is 0.481 e. The van der Waals surface area contributed by atoms with Crippen molar-refractivity contribution in [1.82, 2.24) is 9.97 Å². The second kappa shape index (κ2) is 6.08. The lowest BCUT2D eigenvalue weighted by atomic mass is 10.1. The molecule has 7 nitrogen and oxygen atoms in total. The van der Waals surface area contributed by atoms with Crippen LogP contribution in [-0.4, -0.2) is 35.3 Å². The van der Waals surface area contributed by atoms with E-state index in [1.54, 1.807) is 13.0 Å². The summed E-state index contributed by atoms with van der Waals surface area (Å²) in [5.74, 6) is 0.0395. The molecule has 2 rings (SSSR count). The van der Waals surface area contributed by atoms with Gasteiger partial charge in [0.2, 0.25) is 11.8 Å². The van der Waals surface area contributed by atoms with Crippen molar-refractivity contribution in [2.75, 3.05) is 14.2 Å². The van der Waals surface area contributed by atoms with Crippen molar-refractivity contribution >= 4 is 5.97 Å². The van der Waals surface area contributed by atoms with Crippen molar-refractivity contribution in [2.45, 2.75) is 6.92 Å². The number of hydrogen-bond donors (Lipinski definition) is 1. The quantitative estimate of drug-likeness (QED) is 0.903. The van der Waals surface area contributed by atoms with Gasteiger partial charge >= 0.3 is 12.0 Å². The highest BCUT2D eigenvalue weighted by molar-refractivity contribution is 5.89. The van der Waals surface area contributed by atoms with E-state index in [4.69, 9.17) is 19.3 Å². The molecule has 110 valence electrons. The number of ether oxygens (including phenoxy) is 3. The molecule has 1 aromatic heterocycles. The molecule has 1 heterocycles. The van der Waals surface area contributed by atoms with Gasteiger partial charge in [0.05, 0.1) is 25.8 Å². The third-order valence-electron chi connectivity index (χ3n) is 2.71. The molecule has 0 aliphatic heterocycles. The Hall–Kier alpha value is -2.83. The van der Waals surface area contributed by atoms with Crippen molar-refractivity contribution in [2.24, 2.45) is 0 Å². The van der Waals surface area contributed by atoms with E-state index in [0.717, 1.165) is 0 Å². The molecule has 7 heteroatoms. The zero-order chi connectivity index (χ0) is 15.4. The first-order chi connectivity index (χ1) is 10.0. The Morgan fingerprint density at radius 1 is 1.10 bits per heavy atom. The van der Waals surface area contributed by atoms with Crippen molar-refractivity contribution in [3.05, 3.63) is 35.4 Å². The molecule has 0 aliphatic carbocycles. The van der Waals surface area contributed by atoms with E-state index in [1.807, 2.05) is 0 Å². The molecular weight excluding hydrogens is 276 g/mol. The Morgan fingerprint density at radius 2 is 1.71 bits per heavy atom. The fraction of sp³-hybridized carbons (Fsp3) is 0.214. The number of hydrogen-bond acceptors (Lipinski definition) is 6. The normalized spacial score (nSPS) is 10.0. The maximum Gasteiger partial charge on any atom is 0.335 e. The molecule has 0 atom stereocenters. The van der Waals surface area contributed by atoms with Crippen LogP contribution in [0.25, 0.3) is 0 Å². The number of nitrogens with zero attached hydrogens (tertiary/aromatic N) is 2. The first kappa shape index (κ1) is 14.6. The van der Waals surface area contributed by atoms with Gasteiger partial charge in [-0.15, -0.1) is 0 Å². The molecule has 0 bridgehead atoms. The summed E-state index contributed by atoms with van der Waals surface area (Å²) in [5, 5.41) is 8.98.